The van der Waals surface area contributed by atoms with Gasteiger partial charge in [0.05, 0.1) is 12.9 Å². The molecule has 112 valence electrons. The summed E-state index contributed by atoms with van der Waals surface area (Å²) in [6.07, 6.45) is -2.00. The maximum absolute atomic E-state index is 11.6. The molecule has 4 atom stereocenters. The third-order valence-corrected chi connectivity index (χ3v) is 3.25. The fourth-order valence-electron chi connectivity index (χ4n) is 2.15. The minimum absolute atomic E-state index is 0.0849. The van der Waals surface area contributed by atoms with Crippen molar-refractivity contribution in [3.63, 3.8) is 0 Å². The van der Waals surface area contributed by atoms with Crippen LogP contribution in [0, 0.1) is 0 Å². The fraction of sp³-hybridized carbons (Fsp3) is 0.455. The van der Waals surface area contributed by atoms with E-state index in [-0.39, 0.29) is 16.9 Å². The summed E-state index contributed by atoms with van der Waals surface area (Å²) in [4.78, 5) is 25.8. The monoisotopic (exact) mass is 295 g/mol. The number of aromatic amines is 1. The Balaban J connectivity index is 1.93. The maximum atomic E-state index is 11.6. The molecule has 0 radical (unpaired) electrons. The normalized spacial score (nSPS) is 28.9. The van der Waals surface area contributed by atoms with E-state index in [9.17, 15) is 15.0 Å². The molecule has 0 spiro atoms. The Hall–Kier alpha value is -2.14. The molecule has 0 amide bonds. The van der Waals surface area contributed by atoms with Crippen LogP contribution in [-0.2, 0) is 4.74 Å². The molecule has 10 nitrogen and oxygen atoms in total. The zero-order valence-electron chi connectivity index (χ0n) is 10.7. The molecule has 1 unspecified atom stereocenters. The van der Waals surface area contributed by atoms with Crippen molar-refractivity contribution in [1.82, 2.24) is 19.9 Å². The number of nitrogens with one attached hydrogen (secondary N) is 2. The highest BCUT2D eigenvalue weighted by Gasteiger charge is 2.42. The Labute approximate surface area is 117 Å². The van der Waals surface area contributed by atoms with Crippen molar-refractivity contribution in [3.05, 3.63) is 23.0 Å². The van der Waals surface area contributed by atoms with Gasteiger partial charge < -0.3 is 30.4 Å². The molecule has 0 aliphatic carbocycles. The first-order valence-electron chi connectivity index (χ1n) is 6.19. The van der Waals surface area contributed by atoms with Gasteiger partial charge in [0.2, 0.25) is 0 Å². The lowest BCUT2D eigenvalue weighted by Crippen LogP contribution is -2.36. The maximum Gasteiger partial charge on any atom is 0.277 e. The van der Waals surface area contributed by atoms with E-state index in [4.69, 9.17) is 9.84 Å². The minimum Gasteiger partial charge on any atom is -0.394 e. The first-order chi connectivity index (χ1) is 10.1. The summed E-state index contributed by atoms with van der Waals surface area (Å²) in [5, 5.41) is 31.3. The highest BCUT2D eigenvalue weighted by atomic mass is 16.6. The predicted octanol–water partition coefficient (Wildman–Crippen LogP) is -2.44. The second-order valence-corrected chi connectivity index (χ2v) is 4.55. The average Bonchev–Trinajstić information content (AvgIpc) is 2.76. The smallest absolute Gasteiger partial charge is 0.277 e. The lowest BCUT2D eigenvalue weighted by molar-refractivity contribution is -0.0153. The molecule has 0 bridgehead atoms. The van der Waals surface area contributed by atoms with Gasteiger partial charge in [0.15, 0.2) is 17.6 Å². The van der Waals surface area contributed by atoms with Gasteiger partial charge in [-0.15, -0.1) is 0 Å². The summed E-state index contributed by atoms with van der Waals surface area (Å²) >= 11 is 0. The van der Waals surface area contributed by atoms with Gasteiger partial charge in [-0.25, -0.2) is 15.0 Å². The Kier molecular flexibility index (Phi) is 3.51. The van der Waals surface area contributed by atoms with Crippen molar-refractivity contribution in [3.8, 4) is 0 Å². The van der Waals surface area contributed by atoms with Gasteiger partial charge in [-0.2, -0.15) is 0 Å². The van der Waals surface area contributed by atoms with E-state index in [2.05, 4.69) is 25.3 Å². The van der Waals surface area contributed by atoms with Gasteiger partial charge in [-0.3, -0.25) is 4.79 Å². The fourth-order valence-corrected chi connectivity index (χ4v) is 2.15. The Morgan fingerprint density at radius 1 is 1.24 bits per heavy atom. The van der Waals surface area contributed by atoms with Gasteiger partial charge in [0.25, 0.3) is 5.56 Å². The number of hydrogen-bond acceptors (Lipinski definition) is 9. The van der Waals surface area contributed by atoms with E-state index in [1.165, 1.54) is 12.7 Å². The molecule has 1 saturated heterocycles. The molecule has 1 fully saturated rings. The molecular formula is C11H13N5O5. The quantitative estimate of drug-likeness (QED) is 0.415. The lowest BCUT2D eigenvalue weighted by Gasteiger charge is -2.17. The molecule has 3 rings (SSSR count). The van der Waals surface area contributed by atoms with Gasteiger partial charge in [0, 0.05) is 0 Å². The van der Waals surface area contributed by atoms with Crippen LogP contribution in [-0.4, -0.2) is 66.4 Å². The second-order valence-electron chi connectivity index (χ2n) is 4.55. The number of aromatic nitrogens is 4. The van der Waals surface area contributed by atoms with Gasteiger partial charge >= 0.3 is 0 Å². The predicted molar refractivity (Wildman–Crippen MR) is 69.3 cm³/mol. The van der Waals surface area contributed by atoms with Crippen LogP contribution < -0.4 is 10.9 Å². The number of hydrogen-bond donors (Lipinski definition) is 5. The average molecular weight is 295 g/mol. The zero-order chi connectivity index (χ0) is 15.0. The largest absolute Gasteiger partial charge is 0.394 e. The van der Waals surface area contributed by atoms with Crippen LogP contribution in [0.25, 0.3) is 11.0 Å². The van der Waals surface area contributed by atoms with Gasteiger partial charge in [0.1, 0.15) is 30.2 Å². The Bertz CT molecular complexity index is 707. The molecule has 10 heteroatoms. The van der Waals surface area contributed by atoms with E-state index in [0.717, 1.165) is 0 Å². The summed E-state index contributed by atoms with van der Waals surface area (Å²) < 4.78 is 5.28. The lowest BCUT2D eigenvalue weighted by atomic mass is 10.1. The van der Waals surface area contributed by atoms with Crippen LogP contribution in [0.2, 0.25) is 0 Å². The van der Waals surface area contributed by atoms with E-state index < -0.39 is 36.7 Å². The van der Waals surface area contributed by atoms with Gasteiger partial charge in [-0.1, -0.05) is 0 Å². The molecule has 1 aliphatic rings. The van der Waals surface area contributed by atoms with Gasteiger partial charge in [-0.05, 0) is 0 Å². The van der Waals surface area contributed by atoms with Crippen molar-refractivity contribution >= 4 is 16.9 Å². The number of aliphatic hydroxyl groups is 3. The molecule has 2 aromatic rings. The van der Waals surface area contributed by atoms with Crippen LogP contribution in [0.15, 0.2) is 17.4 Å². The van der Waals surface area contributed by atoms with Crippen LogP contribution in [0.5, 0.6) is 0 Å². The van der Waals surface area contributed by atoms with E-state index >= 15 is 0 Å². The van der Waals surface area contributed by atoms with Crippen molar-refractivity contribution in [2.24, 2.45) is 0 Å². The number of nitrogens with zero attached hydrogens (tertiary/aromatic N) is 3. The molecule has 2 aromatic heterocycles. The van der Waals surface area contributed by atoms with Crippen molar-refractivity contribution in [2.45, 2.75) is 24.5 Å². The number of rotatable bonds is 3. The van der Waals surface area contributed by atoms with E-state index in [1.54, 1.807) is 0 Å². The van der Waals surface area contributed by atoms with Crippen molar-refractivity contribution in [1.29, 1.82) is 0 Å². The zero-order valence-corrected chi connectivity index (χ0v) is 10.7. The first kappa shape index (κ1) is 13.8. The number of H-pyrrole nitrogens is 1. The number of anilines is 1. The Morgan fingerprint density at radius 3 is 2.76 bits per heavy atom. The number of aliphatic hydroxyl groups excluding tert-OH is 3. The van der Waals surface area contributed by atoms with Crippen molar-refractivity contribution in [2.75, 3.05) is 11.9 Å². The second kappa shape index (κ2) is 5.33. The Morgan fingerprint density at radius 2 is 2.05 bits per heavy atom. The standard InChI is InChI=1S/C11H13N5O5/c17-1-4-7(18)8(19)11(21-4)16-9-5-6(13-2-14-9)10(20)15-3-12-5/h2-4,7-8,11,17-19H,1H2,(H,12,15,20)(H,13,14,16)/t4-,7-,8-,11?/m1/s1. The highest BCUT2D eigenvalue weighted by molar-refractivity contribution is 5.83. The molecule has 1 aliphatic heterocycles. The topological polar surface area (TPSA) is 153 Å². The van der Waals surface area contributed by atoms with Crippen molar-refractivity contribution < 1.29 is 20.1 Å². The third-order valence-electron chi connectivity index (χ3n) is 3.25. The van der Waals surface area contributed by atoms with Crippen LogP contribution >= 0.6 is 0 Å². The number of fused-ring (bicyclic) bond motifs is 1. The summed E-state index contributed by atoms with van der Waals surface area (Å²) in [5.41, 5.74) is -0.132. The molecule has 3 heterocycles. The van der Waals surface area contributed by atoms with Crippen LogP contribution in [0.4, 0.5) is 5.82 Å². The van der Waals surface area contributed by atoms with Crippen LogP contribution in [0.3, 0.4) is 0 Å². The summed E-state index contributed by atoms with van der Waals surface area (Å²) in [5.74, 6) is 0.181. The minimum atomic E-state index is -1.26. The molecule has 21 heavy (non-hydrogen) atoms. The molecule has 0 aromatic carbocycles. The molecular weight excluding hydrogens is 282 g/mol. The highest BCUT2D eigenvalue weighted by Crippen LogP contribution is 2.23. The summed E-state index contributed by atoms with van der Waals surface area (Å²) in [6.45, 7) is -0.432. The van der Waals surface area contributed by atoms with E-state index in [1.807, 2.05) is 0 Å². The van der Waals surface area contributed by atoms with Crippen LogP contribution in [0.1, 0.15) is 0 Å². The van der Waals surface area contributed by atoms with E-state index in [0.29, 0.717) is 0 Å². The molecule has 5 N–H and O–H groups in total. The number of ether oxygens (including phenoxy) is 1. The SMILES string of the molecule is O=c1[nH]cnc2c(NC3O[C@H](CO)[C@@H](O)[C@H]3O)ncnc12. The summed E-state index contributed by atoms with van der Waals surface area (Å²) in [7, 11) is 0. The molecule has 0 saturated carbocycles. The third kappa shape index (κ3) is 2.34. The summed E-state index contributed by atoms with van der Waals surface area (Å²) in [6, 6.07) is 0. The first-order valence-corrected chi connectivity index (χ1v) is 6.19.